The molecule has 0 aliphatic carbocycles. The van der Waals surface area contributed by atoms with Gasteiger partial charge in [-0.05, 0) is 24.0 Å². The van der Waals surface area contributed by atoms with Crippen LogP contribution in [0.2, 0.25) is 5.02 Å². The highest BCUT2D eigenvalue weighted by molar-refractivity contribution is 6.31. The zero-order valence-electron chi connectivity index (χ0n) is 11.7. The van der Waals surface area contributed by atoms with E-state index >= 15 is 0 Å². The third-order valence-corrected chi connectivity index (χ3v) is 3.61. The van der Waals surface area contributed by atoms with E-state index in [-0.39, 0.29) is 5.84 Å². The molecule has 0 aromatic heterocycles. The van der Waals surface area contributed by atoms with Crippen LogP contribution < -0.4 is 11.1 Å². The van der Waals surface area contributed by atoms with Gasteiger partial charge in [0.05, 0.1) is 0 Å². The molecule has 1 aromatic carbocycles. The predicted molar refractivity (Wildman–Crippen MR) is 79.7 cm³/mol. The number of halogens is 1. The number of nitrogens with two attached hydrogens (primary N) is 1. The minimum Gasteiger partial charge on any atom is -0.409 e. The summed E-state index contributed by atoms with van der Waals surface area (Å²) in [5.41, 5.74) is 7.15. The van der Waals surface area contributed by atoms with Gasteiger partial charge in [-0.1, -0.05) is 49.7 Å². The van der Waals surface area contributed by atoms with E-state index in [1.807, 2.05) is 6.07 Å². The van der Waals surface area contributed by atoms with Gasteiger partial charge in [0.25, 0.3) is 0 Å². The summed E-state index contributed by atoms with van der Waals surface area (Å²) in [6.45, 7) is 7.28. The summed E-state index contributed by atoms with van der Waals surface area (Å²) >= 11 is 6.20. The Kier molecular flexibility index (Phi) is 6.12. The molecule has 0 aliphatic rings. The van der Waals surface area contributed by atoms with Crippen LogP contribution in [0.4, 0.5) is 0 Å². The number of amidine groups is 1. The standard InChI is InChI=1S/C14H22ClN3O/c1-4-13(9(2)3)17-8-11-6-5-10(7-12(11)15)14(16)18-19/h5-7,9,13,17,19H,4,8H2,1-3H3,(H2,16,18). The van der Waals surface area contributed by atoms with Crippen LogP contribution in [0, 0.1) is 5.92 Å². The van der Waals surface area contributed by atoms with Crippen LogP contribution in [0.1, 0.15) is 38.3 Å². The van der Waals surface area contributed by atoms with E-state index in [2.05, 4.69) is 31.2 Å². The SMILES string of the molecule is CCC(NCc1ccc(/C(N)=N/O)cc1Cl)C(C)C. The molecule has 0 saturated heterocycles. The molecule has 106 valence electrons. The first kappa shape index (κ1) is 15.8. The second-order valence-electron chi connectivity index (χ2n) is 4.93. The highest BCUT2D eigenvalue weighted by Crippen LogP contribution is 2.18. The number of hydrogen-bond donors (Lipinski definition) is 3. The van der Waals surface area contributed by atoms with E-state index in [4.69, 9.17) is 22.5 Å². The topological polar surface area (TPSA) is 70.6 Å². The van der Waals surface area contributed by atoms with Gasteiger partial charge < -0.3 is 16.3 Å². The second-order valence-corrected chi connectivity index (χ2v) is 5.34. The molecule has 4 nitrogen and oxygen atoms in total. The van der Waals surface area contributed by atoms with Gasteiger partial charge in [0.15, 0.2) is 5.84 Å². The van der Waals surface area contributed by atoms with Gasteiger partial charge in [0.1, 0.15) is 0 Å². The molecule has 1 unspecified atom stereocenters. The summed E-state index contributed by atoms with van der Waals surface area (Å²) < 4.78 is 0. The fourth-order valence-corrected chi connectivity index (χ4v) is 2.25. The fourth-order valence-electron chi connectivity index (χ4n) is 2.00. The van der Waals surface area contributed by atoms with Crippen LogP contribution in [-0.4, -0.2) is 17.1 Å². The van der Waals surface area contributed by atoms with Crippen molar-refractivity contribution in [3.63, 3.8) is 0 Å². The summed E-state index contributed by atoms with van der Waals surface area (Å²) in [6, 6.07) is 5.88. The van der Waals surface area contributed by atoms with Crippen LogP contribution in [-0.2, 0) is 6.54 Å². The summed E-state index contributed by atoms with van der Waals surface area (Å²) in [5.74, 6) is 0.648. The monoisotopic (exact) mass is 283 g/mol. The van der Waals surface area contributed by atoms with Crippen molar-refractivity contribution in [2.24, 2.45) is 16.8 Å². The van der Waals surface area contributed by atoms with E-state index in [0.29, 0.717) is 29.1 Å². The molecule has 0 radical (unpaired) electrons. The van der Waals surface area contributed by atoms with Crippen molar-refractivity contribution >= 4 is 17.4 Å². The van der Waals surface area contributed by atoms with Crippen molar-refractivity contribution in [2.45, 2.75) is 39.8 Å². The van der Waals surface area contributed by atoms with Gasteiger partial charge in [-0.25, -0.2) is 0 Å². The molecule has 5 heteroatoms. The molecule has 1 atom stereocenters. The molecule has 19 heavy (non-hydrogen) atoms. The predicted octanol–water partition coefficient (Wildman–Crippen LogP) is 2.96. The highest BCUT2D eigenvalue weighted by Gasteiger charge is 2.11. The summed E-state index contributed by atoms with van der Waals surface area (Å²) in [5, 5.41) is 15.7. The van der Waals surface area contributed by atoms with Crippen LogP contribution in [0.15, 0.2) is 23.4 Å². The molecule has 1 rings (SSSR count). The van der Waals surface area contributed by atoms with E-state index in [1.54, 1.807) is 12.1 Å². The molecule has 4 N–H and O–H groups in total. The molecule has 0 spiro atoms. The number of rotatable bonds is 6. The van der Waals surface area contributed by atoms with Gasteiger partial charge in [-0.15, -0.1) is 0 Å². The normalized spacial score (nSPS) is 13.8. The molecular weight excluding hydrogens is 262 g/mol. The van der Waals surface area contributed by atoms with Crippen LogP contribution in [0.5, 0.6) is 0 Å². The van der Waals surface area contributed by atoms with Gasteiger partial charge in [0.2, 0.25) is 0 Å². The Bertz CT molecular complexity index is 446. The van der Waals surface area contributed by atoms with Gasteiger partial charge in [-0.3, -0.25) is 0 Å². The first-order valence-corrected chi connectivity index (χ1v) is 6.87. The maximum absolute atomic E-state index is 8.63. The molecule has 0 heterocycles. The zero-order valence-corrected chi connectivity index (χ0v) is 12.4. The first-order valence-electron chi connectivity index (χ1n) is 6.49. The third kappa shape index (κ3) is 4.40. The van der Waals surface area contributed by atoms with Crippen molar-refractivity contribution in [3.8, 4) is 0 Å². The zero-order chi connectivity index (χ0) is 14.4. The first-order chi connectivity index (χ1) is 8.99. The number of benzene rings is 1. The lowest BCUT2D eigenvalue weighted by Crippen LogP contribution is -2.32. The molecule has 0 bridgehead atoms. The average Bonchev–Trinajstić information content (AvgIpc) is 2.39. The van der Waals surface area contributed by atoms with E-state index < -0.39 is 0 Å². The highest BCUT2D eigenvalue weighted by atomic mass is 35.5. The summed E-state index contributed by atoms with van der Waals surface area (Å²) in [7, 11) is 0. The largest absolute Gasteiger partial charge is 0.409 e. The number of oxime groups is 1. The maximum Gasteiger partial charge on any atom is 0.170 e. The molecule has 0 amide bonds. The Labute approximate surface area is 119 Å². The lowest BCUT2D eigenvalue weighted by atomic mass is 10.0. The summed E-state index contributed by atoms with van der Waals surface area (Å²) in [4.78, 5) is 0. The smallest absolute Gasteiger partial charge is 0.170 e. The fraction of sp³-hybridized carbons (Fsp3) is 0.500. The van der Waals surface area contributed by atoms with Gasteiger partial charge in [-0.2, -0.15) is 0 Å². The van der Waals surface area contributed by atoms with Crippen LogP contribution in [0.3, 0.4) is 0 Å². The summed E-state index contributed by atoms with van der Waals surface area (Å²) in [6.07, 6.45) is 1.08. The number of hydrogen-bond acceptors (Lipinski definition) is 3. The van der Waals surface area contributed by atoms with Crippen molar-refractivity contribution in [1.29, 1.82) is 0 Å². The molecule has 0 saturated carbocycles. The minimum atomic E-state index is 0.0648. The Morgan fingerprint density at radius 2 is 2.16 bits per heavy atom. The van der Waals surface area contributed by atoms with Crippen molar-refractivity contribution in [3.05, 3.63) is 34.3 Å². The van der Waals surface area contributed by atoms with E-state index in [1.165, 1.54) is 0 Å². The van der Waals surface area contributed by atoms with Gasteiger partial charge >= 0.3 is 0 Å². The maximum atomic E-state index is 8.63. The molecule has 0 aliphatic heterocycles. The van der Waals surface area contributed by atoms with Gasteiger partial charge in [0, 0.05) is 23.2 Å². The minimum absolute atomic E-state index is 0.0648. The second kappa shape index (κ2) is 7.36. The number of nitrogens with one attached hydrogen (secondary N) is 1. The quantitative estimate of drug-likeness (QED) is 0.325. The van der Waals surface area contributed by atoms with Crippen LogP contribution in [0.25, 0.3) is 0 Å². The van der Waals surface area contributed by atoms with Crippen molar-refractivity contribution < 1.29 is 5.21 Å². The Hall–Kier alpha value is -1.26. The molecular formula is C14H22ClN3O. The van der Waals surface area contributed by atoms with Crippen molar-refractivity contribution in [2.75, 3.05) is 0 Å². The Balaban J connectivity index is 2.75. The van der Waals surface area contributed by atoms with Crippen LogP contribution >= 0.6 is 11.6 Å². The average molecular weight is 284 g/mol. The van der Waals surface area contributed by atoms with E-state index in [0.717, 1.165) is 12.0 Å². The number of nitrogens with zero attached hydrogens (tertiary/aromatic N) is 1. The van der Waals surface area contributed by atoms with E-state index in [9.17, 15) is 0 Å². The molecule has 0 fully saturated rings. The Morgan fingerprint density at radius 3 is 2.63 bits per heavy atom. The van der Waals surface area contributed by atoms with Crippen molar-refractivity contribution in [1.82, 2.24) is 5.32 Å². The molecule has 1 aromatic rings. The third-order valence-electron chi connectivity index (χ3n) is 3.26. The lowest BCUT2D eigenvalue weighted by Gasteiger charge is -2.21. The lowest BCUT2D eigenvalue weighted by molar-refractivity contribution is 0.318. The Morgan fingerprint density at radius 1 is 1.47 bits per heavy atom.